The van der Waals surface area contributed by atoms with Gasteiger partial charge in [-0.15, -0.1) is 0 Å². The van der Waals surface area contributed by atoms with Crippen LogP contribution in [-0.4, -0.2) is 44.2 Å². The minimum atomic E-state index is -0.0188. The summed E-state index contributed by atoms with van der Waals surface area (Å²) in [7, 11) is 1.83. The predicted molar refractivity (Wildman–Crippen MR) is 82.5 cm³/mol. The van der Waals surface area contributed by atoms with Gasteiger partial charge in [-0.1, -0.05) is 0 Å². The van der Waals surface area contributed by atoms with E-state index in [0.29, 0.717) is 29.5 Å². The summed E-state index contributed by atoms with van der Waals surface area (Å²) in [4.78, 5) is 14.3. The van der Waals surface area contributed by atoms with E-state index in [0.717, 1.165) is 32.6 Å². The van der Waals surface area contributed by atoms with Crippen molar-refractivity contribution in [2.24, 2.45) is 5.92 Å². The number of anilines is 1. The first-order chi connectivity index (χ1) is 10.1. The van der Waals surface area contributed by atoms with E-state index in [-0.39, 0.29) is 5.91 Å². The van der Waals surface area contributed by atoms with Crippen LogP contribution in [0.1, 0.15) is 30.1 Å². The van der Waals surface area contributed by atoms with Crippen molar-refractivity contribution < 1.29 is 14.3 Å². The number of nitrogen functional groups attached to an aromatic ring is 1. The zero-order valence-corrected chi connectivity index (χ0v) is 12.8. The number of carbonyl (C=O) groups is 1. The van der Waals surface area contributed by atoms with Gasteiger partial charge in [0.15, 0.2) is 0 Å². The van der Waals surface area contributed by atoms with E-state index in [1.54, 1.807) is 23.1 Å². The molecule has 0 aromatic heterocycles. The molecule has 1 fully saturated rings. The van der Waals surface area contributed by atoms with Gasteiger partial charge in [0.2, 0.25) is 0 Å². The molecule has 0 radical (unpaired) electrons. The molecule has 0 atom stereocenters. The maximum absolute atomic E-state index is 12.5. The summed E-state index contributed by atoms with van der Waals surface area (Å²) in [6.45, 7) is 4.79. The highest BCUT2D eigenvalue weighted by Gasteiger charge is 2.20. The Morgan fingerprint density at radius 1 is 1.38 bits per heavy atom. The summed E-state index contributed by atoms with van der Waals surface area (Å²) in [6.07, 6.45) is 2.03. The van der Waals surface area contributed by atoms with Crippen LogP contribution < -0.4 is 10.5 Å². The molecule has 5 heteroatoms. The minimum absolute atomic E-state index is 0.0188. The summed E-state index contributed by atoms with van der Waals surface area (Å²) in [5, 5.41) is 0. The van der Waals surface area contributed by atoms with Gasteiger partial charge in [0.25, 0.3) is 5.91 Å². The van der Waals surface area contributed by atoms with E-state index < -0.39 is 0 Å². The van der Waals surface area contributed by atoms with Crippen LogP contribution in [0.2, 0.25) is 0 Å². The second-order valence-electron chi connectivity index (χ2n) is 5.47. The van der Waals surface area contributed by atoms with Crippen LogP contribution in [0.15, 0.2) is 18.2 Å². The number of nitrogens with zero attached hydrogens (tertiary/aromatic N) is 1. The van der Waals surface area contributed by atoms with E-state index in [1.807, 2.05) is 14.0 Å². The lowest BCUT2D eigenvalue weighted by molar-refractivity contribution is 0.0497. The van der Waals surface area contributed by atoms with Crippen LogP contribution in [0, 0.1) is 5.92 Å². The second kappa shape index (κ2) is 7.31. The molecule has 1 amide bonds. The fraction of sp³-hybridized carbons (Fsp3) is 0.562. The van der Waals surface area contributed by atoms with Crippen molar-refractivity contribution in [2.45, 2.75) is 19.8 Å². The van der Waals surface area contributed by atoms with Gasteiger partial charge in [-0.2, -0.15) is 0 Å². The molecule has 2 rings (SSSR count). The third kappa shape index (κ3) is 4.36. The molecular formula is C16H24N2O3. The number of nitrogens with two attached hydrogens (primary N) is 1. The Morgan fingerprint density at radius 3 is 2.76 bits per heavy atom. The molecule has 0 unspecified atom stereocenters. The Hall–Kier alpha value is -1.75. The van der Waals surface area contributed by atoms with Crippen LogP contribution in [0.4, 0.5) is 5.69 Å². The highest BCUT2D eigenvalue weighted by atomic mass is 16.5. The van der Waals surface area contributed by atoms with Crippen molar-refractivity contribution in [3.8, 4) is 5.75 Å². The molecule has 0 bridgehead atoms. The first kappa shape index (κ1) is 15.6. The van der Waals surface area contributed by atoms with Gasteiger partial charge in [-0.05, 0) is 37.8 Å². The third-order valence-corrected chi connectivity index (χ3v) is 3.71. The summed E-state index contributed by atoms with van der Waals surface area (Å²) >= 11 is 0. The number of hydrogen-bond acceptors (Lipinski definition) is 4. The standard InChI is InChI=1S/C16H24N2O3/c1-3-21-15-9-13(8-14(17)10-15)16(19)18(2)11-12-4-6-20-7-5-12/h8-10,12H,3-7,11,17H2,1-2H3. The summed E-state index contributed by atoms with van der Waals surface area (Å²) in [6, 6.07) is 5.19. The normalized spacial score (nSPS) is 15.7. The van der Waals surface area contributed by atoms with Gasteiger partial charge in [0, 0.05) is 44.1 Å². The fourth-order valence-corrected chi connectivity index (χ4v) is 2.62. The highest BCUT2D eigenvalue weighted by Crippen LogP contribution is 2.21. The van der Waals surface area contributed by atoms with Crippen LogP contribution in [0.5, 0.6) is 5.75 Å². The number of benzene rings is 1. The monoisotopic (exact) mass is 292 g/mol. The highest BCUT2D eigenvalue weighted by molar-refractivity contribution is 5.95. The van der Waals surface area contributed by atoms with E-state index in [9.17, 15) is 4.79 Å². The van der Waals surface area contributed by atoms with Crippen molar-refractivity contribution in [3.63, 3.8) is 0 Å². The Morgan fingerprint density at radius 2 is 2.10 bits per heavy atom. The molecule has 0 saturated carbocycles. The third-order valence-electron chi connectivity index (χ3n) is 3.71. The molecule has 1 saturated heterocycles. The van der Waals surface area contributed by atoms with Gasteiger partial charge in [-0.3, -0.25) is 4.79 Å². The predicted octanol–water partition coefficient (Wildman–Crippen LogP) is 2.17. The summed E-state index contributed by atoms with van der Waals surface area (Å²) < 4.78 is 10.8. The first-order valence-electron chi connectivity index (χ1n) is 7.46. The Labute approximate surface area is 126 Å². The number of rotatable bonds is 5. The first-order valence-corrected chi connectivity index (χ1v) is 7.46. The zero-order valence-electron chi connectivity index (χ0n) is 12.8. The molecule has 1 heterocycles. The Balaban J connectivity index is 2.03. The molecule has 2 N–H and O–H groups in total. The number of hydrogen-bond donors (Lipinski definition) is 1. The Kier molecular flexibility index (Phi) is 5.44. The maximum atomic E-state index is 12.5. The molecule has 5 nitrogen and oxygen atoms in total. The number of amides is 1. The van der Waals surface area contributed by atoms with Gasteiger partial charge in [0.1, 0.15) is 5.75 Å². The molecule has 21 heavy (non-hydrogen) atoms. The molecular weight excluding hydrogens is 268 g/mol. The summed E-state index contributed by atoms with van der Waals surface area (Å²) in [5.74, 6) is 1.13. The average molecular weight is 292 g/mol. The Bertz CT molecular complexity index is 484. The lowest BCUT2D eigenvalue weighted by Gasteiger charge is -2.27. The lowest BCUT2D eigenvalue weighted by Crippen LogP contribution is -2.34. The second-order valence-corrected chi connectivity index (χ2v) is 5.47. The molecule has 116 valence electrons. The van der Waals surface area contributed by atoms with E-state index >= 15 is 0 Å². The largest absolute Gasteiger partial charge is 0.494 e. The van der Waals surface area contributed by atoms with Crippen LogP contribution in [0.25, 0.3) is 0 Å². The van der Waals surface area contributed by atoms with Crippen molar-refractivity contribution in [2.75, 3.05) is 39.1 Å². The van der Waals surface area contributed by atoms with Crippen LogP contribution in [-0.2, 0) is 4.74 Å². The van der Waals surface area contributed by atoms with Crippen LogP contribution >= 0.6 is 0 Å². The van der Waals surface area contributed by atoms with Crippen molar-refractivity contribution in [1.82, 2.24) is 4.90 Å². The van der Waals surface area contributed by atoms with Crippen molar-refractivity contribution in [1.29, 1.82) is 0 Å². The number of ether oxygens (including phenoxy) is 2. The molecule has 1 aromatic rings. The van der Waals surface area contributed by atoms with Gasteiger partial charge in [-0.25, -0.2) is 0 Å². The van der Waals surface area contributed by atoms with Gasteiger partial charge in [0.05, 0.1) is 6.61 Å². The van der Waals surface area contributed by atoms with Gasteiger partial charge < -0.3 is 20.1 Å². The maximum Gasteiger partial charge on any atom is 0.253 e. The molecule has 1 aliphatic rings. The number of carbonyl (C=O) groups excluding carboxylic acids is 1. The molecule has 1 aliphatic heterocycles. The zero-order chi connectivity index (χ0) is 15.2. The molecule has 0 aliphatic carbocycles. The smallest absolute Gasteiger partial charge is 0.253 e. The van der Waals surface area contributed by atoms with Crippen LogP contribution in [0.3, 0.4) is 0 Å². The topological polar surface area (TPSA) is 64.8 Å². The van der Waals surface area contributed by atoms with E-state index in [2.05, 4.69) is 0 Å². The van der Waals surface area contributed by atoms with Gasteiger partial charge >= 0.3 is 0 Å². The van der Waals surface area contributed by atoms with E-state index in [1.165, 1.54) is 0 Å². The lowest BCUT2D eigenvalue weighted by atomic mass is 9.99. The SMILES string of the molecule is CCOc1cc(N)cc(C(=O)N(C)CC2CCOCC2)c1. The molecule has 1 aromatic carbocycles. The average Bonchev–Trinajstić information content (AvgIpc) is 2.47. The fourth-order valence-electron chi connectivity index (χ4n) is 2.62. The van der Waals surface area contributed by atoms with E-state index in [4.69, 9.17) is 15.2 Å². The van der Waals surface area contributed by atoms with Crippen molar-refractivity contribution >= 4 is 11.6 Å². The quantitative estimate of drug-likeness (QED) is 0.845. The molecule has 0 spiro atoms. The van der Waals surface area contributed by atoms with Crippen molar-refractivity contribution in [3.05, 3.63) is 23.8 Å². The minimum Gasteiger partial charge on any atom is -0.494 e. The summed E-state index contributed by atoms with van der Waals surface area (Å²) in [5.41, 5.74) is 6.97.